The number of nitriles is 1. The summed E-state index contributed by atoms with van der Waals surface area (Å²) in [5.41, 5.74) is 5.99. The highest BCUT2D eigenvalue weighted by atomic mass is 16.3. The Morgan fingerprint density at radius 1 is 1.39 bits per heavy atom. The van der Waals surface area contributed by atoms with Crippen LogP contribution in [0.4, 0.5) is 11.9 Å². The van der Waals surface area contributed by atoms with Gasteiger partial charge in [0, 0.05) is 26.1 Å². The van der Waals surface area contributed by atoms with E-state index in [0.29, 0.717) is 23.5 Å². The van der Waals surface area contributed by atoms with E-state index < -0.39 is 0 Å². The van der Waals surface area contributed by atoms with Gasteiger partial charge in [0.15, 0.2) is 5.82 Å². The molecule has 3 rings (SSSR count). The Kier molecular flexibility index (Phi) is 3.74. The molecule has 7 nitrogen and oxygen atoms in total. The van der Waals surface area contributed by atoms with E-state index in [0.717, 1.165) is 12.2 Å². The second kappa shape index (κ2) is 5.72. The lowest BCUT2D eigenvalue weighted by atomic mass is 10.2. The van der Waals surface area contributed by atoms with Crippen LogP contribution in [0.15, 0.2) is 16.5 Å². The van der Waals surface area contributed by atoms with E-state index in [9.17, 15) is 5.26 Å². The van der Waals surface area contributed by atoms with Gasteiger partial charge in [-0.3, -0.25) is 0 Å². The van der Waals surface area contributed by atoms with Gasteiger partial charge in [-0.15, -0.1) is 0 Å². The zero-order valence-electron chi connectivity index (χ0n) is 13.3. The molecule has 1 fully saturated rings. The van der Waals surface area contributed by atoms with Gasteiger partial charge in [0.05, 0.1) is 0 Å². The monoisotopic (exact) mass is 310 g/mol. The van der Waals surface area contributed by atoms with Crippen LogP contribution in [0.25, 0.3) is 11.6 Å². The van der Waals surface area contributed by atoms with E-state index >= 15 is 0 Å². The number of furan rings is 1. The number of nitrogens with two attached hydrogens (primary N) is 1. The molecule has 2 unspecified atom stereocenters. The van der Waals surface area contributed by atoms with Crippen molar-refractivity contribution in [3.05, 3.63) is 29.5 Å². The molecular formula is C16H18N6O. The van der Waals surface area contributed by atoms with Crippen LogP contribution in [-0.4, -0.2) is 29.0 Å². The molecule has 2 atom stereocenters. The number of allylic oxidation sites excluding steroid dienone is 1. The molecule has 0 radical (unpaired) electrons. The van der Waals surface area contributed by atoms with Gasteiger partial charge < -0.3 is 15.1 Å². The lowest BCUT2D eigenvalue weighted by Crippen LogP contribution is -2.15. The van der Waals surface area contributed by atoms with E-state index in [1.165, 1.54) is 0 Å². The maximum Gasteiger partial charge on any atom is 0.230 e. The lowest BCUT2D eigenvalue weighted by molar-refractivity contribution is 0.498. The molecule has 1 aliphatic carbocycles. The molecule has 118 valence electrons. The van der Waals surface area contributed by atoms with Gasteiger partial charge in [-0.1, -0.05) is 6.92 Å². The van der Waals surface area contributed by atoms with Crippen molar-refractivity contribution in [1.82, 2.24) is 15.0 Å². The molecule has 2 N–H and O–H groups in total. The topological polar surface area (TPSA) is 105 Å². The van der Waals surface area contributed by atoms with E-state index in [-0.39, 0.29) is 17.3 Å². The summed E-state index contributed by atoms with van der Waals surface area (Å²) in [4.78, 5) is 14.0. The highest BCUT2D eigenvalue weighted by Crippen LogP contribution is 2.47. The molecule has 7 heteroatoms. The molecule has 0 aliphatic heterocycles. The normalized spacial score (nSPS) is 20.2. The van der Waals surface area contributed by atoms with Crippen LogP contribution in [0.1, 0.15) is 36.6 Å². The van der Waals surface area contributed by atoms with Gasteiger partial charge in [0.1, 0.15) is 23.2 Å². The van der Waals surface area contributed by atoms with Crippen molar-refractivity contribution < 1.29 is 4.42 Å². The zero-order chi connectivity index (χ0) is 16.6. The third-order valence-corrected chi connectivity index (χ3v) is 3.81. The van der Waals surface area contributed by atoms with Crippen LogP contribution in [0.3, 0.4) is 0 Å². The average molecular weight is 310 g/mol. The predicted octanol–water partition coefficient (Wildman–Crippen LogP) is 2.30. The molecule has 0 amide bonds. The number of nitrogen functional groups attached to an aromatic ring is 1. The Labute approximate surface area is 134 Å². The Hall–Kier alpha value is -2.88. The average Bonchev–Trinajstić information content (AvgIpc) is 3.06. The van der Waals surface area contributed by atoms with Crippen molar-refractivity contribution in [3.63, 3.8) is 0 Å². The fourth-order valence-electron chi connectivity index (χ4n) is 2.35. The highest BCUT2D eigenvalue weighted by molar-refractivity contribution is 5.86. The largest absolute Gasteiger partial charge is 0.461 e. The van der Waals surface area contributed by atoms with Crippen molar-refractivity contribution in [3.8, 4) is 6.07 Å². The van der Waals surface area contributed by atoms with Gasteiger partial charge in [-0.2, -0.15) is 20.2 Å². The van der Waals surface area contributed by atoms with Crippen LogP contribution in [-0.2, 0) is 0 Å². The number of rotatable bonds is 4. The second-order valence-corrected chi connectivity index (χ2v) is 5.94. The summed E-state index contributed by atoms with van der Waals surface area (Å²) in [6.07, 6.45) is 2.78. The van der Waals surface area contributed by atoms with Crippen LogP contribution in [0.5, 0.6) is 0 Å². The van der Waals surface area contributed by atoms with E-state index in [1.54, 1.807) is 25.1 Å². The molecule has 1 aliphatic rings. The van der Waals surface area contributed by atoms with Gasteiger partial charge in [-0.05, 0) is 24.5 Å². The van der Waals surface area contributed by atoms with Crippen LogP contribution >= 0.6 is 0 Å². The van der Waals surface area contributed by atoms with Crippen molar-refractivity contribution in [2.45, 2.75) is 19.3 Å². The first-order valence-corrected chi connectivity index (χ1v) is 7.38. The van der Waals surface area contributed by atoms with E-state index in [2.05, 4.69) is 27.9 Å². The standard InChI is InChI=1S/C16H18N6O/c1-9-6-12(9)13-5-4-11(23-13)7-10(8-17)14-19-15(18)21-16(20-14)22(2)3/h4-5,7,9,12H,6H2,1-3H3,(H2,18,19,20,21). The Balaban J connectivity index is 1.93. The van der Waals surface area contributed by atoms with Gasteiger partial charge in [0.2, 0.25) is 11.9 Å². The minimum atomic E-state index is 0.0757. The van der Waals surface area contributed by atoms with Crippen molar-refractivity contribution >= 4 is 23.5 Å². The van der Waals surface area contributed by atoms with Crippen LogP contribution in [0, 0.1) is 17.2 Å². The fraction of sp³-hybridized carbons (Fsp3) is 0.375. The van der Waals surface area contributed by atoms with Crippen LogP contribution < -0.4 is 10.6 Å². The quantitative estimate of drug-likeness (QED) is 0.864. The summed E-state index contributed by atoms with van der Waals surface area (Å²) in [5.74, 6) is 3.45. The van der Waals surface area contributed by atoms with Crippen LogP contribution in [0.2, 0.25) is 0 Å². The molecule has 2 aromatic rings. The number of nitrogens with zero attached hydrogens (tertiary/aromatic N) is 5. The molecule has 2 heterocycles. The minimum absolute atomic E-state index is 0.0757. The summed E-state index contributed by atoms with van der Waals surface area (Å²) in [6, 6.07) is 5.91. The first-order chi connectivity index (χ1) is 11.0. The van der Waals surface area contributed by atoms with Gasteiger partial charge in [0.25, 0.3) is 0 Å². The predicted molar refractivity (Wildman–Crippen MR) is 87.3 cm³/mol. The van der Waals surface area contributed by atoms with Gasteiger partial charge in [-0.25, -0.2) is 0 Å². The number of hydrogen-bond acceptors (Lipinski definition) is 7. The SMILES string of the molecule is CC1CC1c1ccc(C=C(C#N)c2nc(N)nc(N(C)C)n2)o1. The molecule has 0 bridgehead atoms. The fourth-order valence-corrected chi connectivity index (χ4v) is 2.35. The maximum atomic E-state index is 9.42. The van der Waals surface area contributed by atoms with Crippen molar-refractivity contribution in [2.75, 3.05) is 24.7 Å². The Morgan fingerprint density at radius 3 is 2.74 bits per heavy atom. The third-order valence-electron chi connectivity index (χ3n) is 3.81. The van der Waals surface area contributed by atoms with Gasteiger partial charge >= 0.3 is 0 Å². The molecule has 2 aromatic heterocycles. The Morgan fingerprint density at radius 2 is 2.13 bits per heavy atom. The third kappa shape index (κ3) is 3.16. The molecular weight excluding hydrogens is 292 g/mol. The van der Waals surface area contributed by atoms with E-state index in [1.807, 2.05) is 12.1 Å². The molecule has 0 spiro atoms. The molecule has 0 saturated heterocycles. The highest BCUT2D eigenvalue weighted by Gasteiger charge is 2.36. The van der Waals surface area contributed by atoms with Crippen molar-refractivity contribution in [2.24, 2.45) is 5.92 Å². The lowest BCUT2D eigenvalue weighted by Gasteiger charge is -2.10. The molecule has 1 saturated carbocycles. The first kappa shape index (κ1) is 15.0. The number of aromatic nitrogens is 3. The van der Waals surface area contributed by atoms with E-state index in [4.69, 9.17) is 10.2 Å². The maximum absolute atomic E-state index is 9.42. The summed E-state index contributed by atoms with van der Waals surface area (Å²) >= 11 is 0. The molecule has 23 heavy (non-hydrogen) atoms. The summed E-state index contributed by atoms with van der Waals surface area (Å²) in [5, 5.41) is 9.42. The molecule has 0 aromatic carbocycles. The number of hydrogen-bond donors (Lipinski definition) is 1. The first-order valence-electron chi connectivity index (χ1n) is 7.38. The minimum Gasteiger partial charge on any atom is -0.461 e. The summed E-state index contributed by atoms with van der Waals surface area (Å²) in [7, 11) is 3.59. The zero-order valence-corrected chi connectivity index (χ0v) is 13.3. The summed E-state index contributed by atoms with van der Waals surface area (Å²) in [6.45, 7) is 2.19. The number of anilines is 2. The van der Waals surface area contributed by atoms with Crippen molar-refractivity contribution in [1.29, 1.82) is 5.26 Å². The second-order valence-electron chi connectivity index (χ2n) is 5.94. The smallest absolute Gasteiger partial charge is 0.230 e. The Bertz CT molecular complexity index is 801. The summed E-state index contributed by atoms with van der Waals surface area (Å²) < 4.78 is 5.80.